The maximum atomic E-state index is 12.7. The molecular weight excluding hydrogens is 308 g/mol. The molecule has 24 heavy (non-hydrogen) atoms. The number of hydrogen-bond acceptors (Lipinski definition) is 5. The van der Waals surface area contributed by atoms with Crippen molar-refractivity contribution in [2.24, 2.45) is 5.92 Å². The third-order valence-corrected chi connectivity index (χ3v) is 4.39. The molecule has 1 amide bonds. The quantitative estimate of drug-likeness (QED) is 0.859. The van der Waals surface area contributed by atoms with Crippen LogP contribution in [0.5, 0.6) is 5.75 Å². The number of carbonyl (C=O) groups excluding carboxylic acids is 2. The Kier molecular flexibility index (Phi) is 4.24. The van der Waals surface area contributed by atoms with Gasteiger partial charge in [0.05, 0.1) is 24.6 Å². The zero-order chi connectivity index (χ0) is 17.3. The molecule has 1 atom stereocenters. The fourth-order valence-corrected chi connectivity index (χ4v) is 2.96. The van der Waals surface area contributed by atoms with Crippen LogP contribution in [0.25, 0.3) is 5.69 Å². The second kappa shape index (κ2) is 6.35. The second-order valence-electron chi connectivity index (χ2n) is 5.87. The summed E-state index contributed by atoms with van der Waals surface area (Å²) in [6.45, 7) is 2.57. The van der Waals surface area contributed by atoms with Crippen molar-refractivity contribution in [2.75, 3.05) is 25.9 Å². The standard InChI is InChI=1S/C17H20N4O3/c1-11(22)20-8-7-12(10-20)16(23)15-9-19-21(17(15)18)13-3-5-14(24-2)6-4-13/h3-6,9,12H,7-8,10,18H2,1-2H3/t12-/m1/s1. The molecule has 0 radical (unpaired) electrons. The number of likely N-dealkylation sites (tertiary alicyclic amines) is 1. The Morgan fingerprint density at radius 2 is 2.00 bits per heavy atom. The predicted molar refractivity (Wildman–Crippen MR) is 89.2 cm³/mol. The van der Waals surface area contributed by atoms with Crippen LogP contribution < -0.4 is 10.5 Å². The van der Waals surface area contributed by atoms with Crippen molar-refractivity contribution in [3.63, 3.8) is 0 Å². The molecule has 1 aromatic heterocycles. The third kappa shape index (κ3) is 2.84. The lowest BCUT2D eigenvalue weighted by atomic mass is 9.98. The van der Waals surface area contributed by atoms with Gasteiger partial charge in [0.1, 0.15) is 11.6 Å². The number of ketones is 1. The minimum absolute atomic E-state index is 0.00722. The molecule has 3 rings (SSSR count). The zero-order valence-electron chi connectivity index (χ0n) is 13.7. The highest BCUT2D eigenvalue weighted by atomic mass is 16.5. The molecule has 0 bridgehead atoms. The van der Waals surface area contributed by atoms with Gasteiger partial charge in [-0.2, -0.15) is 5.10 Å². The molecule has 126 valence electrons. The molecule has 2 N–H and O–H groups in total. The van der Waals surface area contributed by atoms with Crippen molar-refractivity contribution >= 4 is 17.5 Å². The summed E-state index contributed by atoms with van der Waals surface area (Å²) in [5.74, 6) is 0.760. The van der Waals surface area contributed by atoms with Crippen LogP contribution in [0.2, 0.25) is 0 Å². The number of rotatable bonds is 4. The van der Waals surface area contributed by atoms with E-state index in [1.54, 1.807) is 24.1 Å². The molecule has 7 heteroatoms. The lowest BCUT2D eigenvalue weighted by molar-refractivity contribution is -0.127. The molecule has 0 aliphatic carbocycles. The van der Waals surface area contributed by atoms with Crippen LogP contribution in [0, 0.1) is 5.92 Å². The van der Waals surface area contributed by atoms with Crippen LogP contribution in [0.15, 0.2) is 30.5 Å². The fraction of sp³-hybridized carbons (Fsp3) is 0.353. The topological polar surface area (TPSA) is 90.5 Å². The van der Waals surface area contributed by atoms with Gasteiger partial charge >= 0.3 is 0 Å². The van der Waals surface area contributed by atoms with Gasteiger partial charge in [0.15, 0.2) is 5.78 Å². The molecule has 2 aromatic rings. The molecular formula is C17H20N4O3. The minimum atomic E-state index is -0.218. The van der Waals surface area contributed by atoms with E-state index >= 15 is 0 Å². The highest BCUT2D eigenvalue weighted by Gasteiger charge is 2.32. The first-order valence-corrected chi connectivity index (χ1v) is 7.79. The normalized spacial score (nSPS) is 17.1. The van der Waals surface area contributed by atoms with Crippen molar-refractivity contribution in [1.82, 2.24) is 14.7 Å². The maximum Gasteiger partial charge on any atom is 0.219 e. The Morgan fingerprint density at radius 1 is 1.29 bits per heavy atom. The number of nitrogens with zero attached hydrogens (tertiary/aromatic N) is 3. The Bertz CT molecular complexity index is 767. The van der Waals surface area contributed by atoms with E-state index in [4.69, 9.17) is 10.5 Å². The summed E-state index contributed by atoms with van der Waals surface area (Å²) in [6, 6.07) is 7.26. The average molecular weight is 328 g/mol. The molecule has 1 fully saturated rings. The Balaban J connectivity index is 1.81. The molecule has 1 aliphatic heterocycles. The number of Topliss-reactive ketones (excluding diaryl/α,β-unsaturated/α-hetero) is 1. The molecule has 1 aliphatic rings. The fourth-order valence-electron chi connectivity index (χ4n) is 2.96. The van der Waals surface area contributed by atoms with Gasteiger partial charge in [0, 0.05) is 25.9 Å². The number of methoxy groups -OCH3 is 1. The van der Waals surface area contributed by atoms with Crippen LogP contribution in [-0.4, -0.2) is 46.6 Å². The lowest BCUT2D eigenvalue weighted by Gasteiger charge is -2.13. The monoisotopic (exact) mass is 328 g/mol. The molecule has 1 aromatic carbocycles. The van der Waals surface area contributed by atoms with Crippen molar-refractivity contribution in [3.05, 3.63) is 36.0 Å². The Morgan fingerprint density at radius 3 is 2.58 bits per heavy atom. The molecule has 2 heterocycles. The van der Waals surface area contributed by atoms with Crippen LogP contribution >= 0.6 is 0 Å². The van der Waals surface area contributed by atoms with E-state index < -0.39 is 0 Å². The van der Waals surface area contributed by atoms with Gasteiger partial charge in [-0.25, -0.2) is 4.68 Å². The van der Waals surface area contributed by atoms with E-state index in [9.17, 15) is 9.59 Å². The van der Waals surface area contributed by atoms with E-state index in [1.165, 1.54) is 17.8 Å². The van der Waals surface area contributed by atoms with E-state index in [0.29, 0.717) is 30.9 Å². The highest BCUT2D eigenvalue weighted by molar-refractivity contribution is 6.02. The van der Waals surface area contributed by atoms with Gasteiger partial charge in [0.2, 0.25) is 5.91 Å². The summed E-state index contributed by atoms with van der Waals surface area (Å²) < 4.78 is 6.66. The van der Waals surface area contributed by atoms with Gasteiger partial charge < -0.3 is 15.4 Å². The lowest BCUT2D eigenvalue weighted by Crippen LogP contribution is -2.27. The molecule has 0 spiro atoms. The van der Waals surface area contributed by atoms with Crippen LogP contribution in [0.4, 0.5) is 5.82 Å². The number of anilines is 1. The van der Waals surface area contributed by atoms with E-state index in [0.717, 1.165) is 11.4 Å². The number of hydrogen-bond donors (Lipinski definition) is 1. The molecule has 0 saturated carbocycles. The van der Waals surface area contributed by atoms with Gasteiger partial charge in [-0.15, -0.1) is 0 Å². The molecule has 7 nitrogen and oxygen atoms in total. The predicted octanol–water partition coefficient (Wildman–Crippen LogP) is 1.51. The number of amides is 1. The number of carbonyl (C=O) groups is 2. The maximum absolute atomic E-state index is 12.7. The van der Waals surface area contributed by atoms with Crippen molar-refractivity contribution < 1.29 is 14.3 Å². The van der Waals surface area contributed by atoms with Crippen LogP contribution in [0.1, 0.15) is 23.7 Å². The number of nitrogens with two attached hydrogens (primary N) is 1. The average Bonchev–Trinajstić information content (AvgIpc) is 3.21. The number of aromatic nitrogens is 2. The minimum Gasteiger partial charge on any atom is -0.497 e. The summed E-state index contributed by atoms with van der Waals surface area (Å²) in [7, 11) is 1.60. The highest BCUT2D eigenvalue weighted by Crippen LogP contribution is 2.26. The van der Waals surface area contributed by atoms with E-state index in [2.05, 4.69) is 5.10 Å². The Hall–Kier alpha value is -2.83. The summed E-state index contributed by atoms with van der Waals surface area (Å²) in [5.41, 5.74) is 7.29. The van der Waals surface area contributed by atoms with Gasteiger partial charge in [-0.3, -0.25) is 9.59 Å². The van der Waals surface area contributed by atoms with E-state index in [-0.39, 0.29) is 17.6 Å². The van der Waals surface area contributed by atoms with Crippen molar-refractivity contribution in [1.29, 1.82) is 0 Å². The first-order chi connectivity index (χ1) is 11.5. The Labute approximate surface area is 140 Å². The van der Waals surface area contributed by atoms with Crippen molar-refractivity contribution in [3.8, 4) is 11.4 Å². The molecule has 1 saturated heterocycles. The molecule has 0 unspecified atom stereocenters. The third-order valence-electron chi connectivity index (χ3n) is 4.39. The van der Waals surface area contributed by atoms with Crippen molar-refractivity contribution in [2.45, 2.75) is 13.3 Å². The SMILES string of the molecule is COc1ccc(-n2ncc(C(=O)[C@@H]3CCN(C(C)=O)C3)c2N)cc1. The summed E-state index contributed by atoms with van der Waals surface area (Å²) >= 11 is 0. The number of benzene rings is 1. The smallest absolute Gasteiger partial charge is 0.219 e. The van der Waals surface area contributed by atoms with Gasteiger partial charge in [-0.1, -0.05) is 0 Å². The zero-order valence-corrected chi connectivity index (χ0v) is 13.7. The summed E-state index contributed by atoms with van der Waals surface area (Å²) in [6.07, 6.45) is 2.16. The largest absolute Gasteiger partial charge is 0.497 e. The van der Waals surface area contributed by atoms with Crippen LogP contribution in [0.3, 0.4) is 0 Å². The van der Waals surface area contributed by atoms with Gasteiger partial charge in [-0.05, 0) is 30.7 Å². The van der Waals surface area contributed by atoms with E-state index in [1.807, 2.05) is 12.1 Å². The second-order valence-corrected chi connectivity index (χ2v) is 5.87. The summed E-state index contributed by atoms with van der Waals surface area (Å²) in [5, 5.41) is 4.24. The number of nitrogen functional groups attached to an aromatic ring is 1. The summed E-state index contributed by atoms with van der Waals surface area (Å²) in [4.78, 5) is 25.8. The van der Waals surface area contributed by atoms with Gasteiger partial charge in [0.25, 0.3) is 0 Å². The first-order valence-electron chi connectivity index (χ1n) is 7.79. The van der Waals surface area contributed by atoms with Crippen LogP contribution in [-0.2, 0) is 4.79 Å². The first kappa shape index (κ1) is 16.0. The number of ether oxygens (including phenoxy) is 1.